The Bertz CT molecular complexity index is 3830. The lowest BCUT2D eigenvalue weighted by Crippen LogP contribution is -2.01. The van der Waals surface area contributed by atoms with Gasteiger partial charge in [-0.3, -0.25) is 0 Å². The highest BCUT2D eigenvalue weighted by Crippen LogP contribution is 2.43. The van der Waals surface area contributed by atoms with Gasteiger partial charge < -0.3 is 4.57 Å². The Morgan fingerprint density at radius 2 is 0.790 bits per heavy atom. The van der Waals surface area contributed by atoms with E-state index in [0.29, 0.717) is 17.5 Å². The van der Waals surface area contributed by atoms with Crippen LogP contribution in [0.25, 0.3) is 125 Å². The van der Waals surface area contributed by atoms with Crippen LogP contribution in [0, 0.1) is 0 Å². The Morgan fingerprint density at radius 3 is 1.45 bits per heavy atom. The number of hydrogen-bond donors (Lipinski definition) is 0. The highest BCUT2D eigenvalue weighted by Gasteiger charge is 2.20. The number of nitrogens with zero attached hydrogens (tertiary/aromatic N) is 4. The number of aromatic nitrogens is 4. The second-order valence-electron chi connectivity index (χ2n) is 16.0. The van der Waals surface area contributed by atoms with Gasteiger partial charge in [0, 0.05) is 53.3 Å². The lowest BCUT2D eigenvalue weighted by atomic mass is 9.91. The molecule has 0 aliphatic carbocycles. The van der Waals surface area contributed by atoms with Crippen LogP contribution in [-0.2, 0) is 0 Å². The predicted octanol–water partition coefficient (Wildman–Crippen LogP) is 15.5. The third-order valence-electron chi connectivity index (χ3n) is 12.4. The van der Waals surface area contributed by atoms with Crippen LogP contribution < -0.4 is 0 Å². The Balaban J connectivity index is 1.12. The van der Waals surface area contributed by atoms with Crippen molar-refractivity contribution in [1.29, 1.82) is 0 Å². The minimum atomic E-state index is 0.616. The van der Waals surface area contributed by atoms with Gasteiger partial charge in [0.15, 0.2) is 17.5 Å². The number of thiophene rings is 1. The van der Waals surface area contributed by atoms with Gasteiger partial charge in [0.25, 0.3) is 0 Å². The first-order valence-electron chi connectivity index (χ1n) is 20.9. The van der Waals surface area contributed by atoms with E-state index in [1.165, 1.54) is 63.3 Å². The van der Waals surface area contributed by atoms with Crippen LogP contribution >= 0.6 is 11.3 Å². The second kappa shape index (κ2) is 13.8. The molecule has 0 fully saturated rings. The number of fused-ring (bicyclic) bond motifs is 12. The highest BCUT2D eigenvalue weighted by molar-refractivity contribution is 7.25. The molecule has 0 radical (unpaired) electrons. The van der Waals surface area contributed by atoms with Crippen molar-refractivity contribution in [2.24, 2.45) is 0 Å². The zero-order valence-electron chi connectivity index (χ0n) is 33.3. The summed E-state index contributed by atoms with van der Waals surface area (Å²) in [6.45, 7) is 0. The van der Waals surface area contributed by atoms with E-state index in [1.807, 2.05) is 47.7 Å². The minimum Gasteiger partial charge on any atom is -0.309 e. The average Bonchev–Trinajstić information content (AvgIpc) is 3.88. The second-order valence-corrected chi connectivity index (χ2v) is 17.1. The van der Waals surface area contributed by atoms with Gasteiger partial charge in [-0.1, -0.05) is 158 Å². The molecule has 0 N–H and O–H groups in total. The topological polar surface area (TPSA) is 43.6 Å². The van der Waals surface area contributed by atoms with Crippen molar-refractivity contribution in [1.82, 2.24) is 19.5 Å². The maximum absolute atomic E-state index is 5.24. The summed E-state index contributed by atoms with van der Waals surface area (Å²) in [5.41, 5.74) is 8.32. The lowest BCUT2D eigenvalue weighted by Gasteiger charge is -2.16. The first kappa shape index (κ1) is 34.8. The summed E-state index contributed by atoms with van der Waals surface area (Å²) in [5.74, 6) is 1.88. The summed E-state index contributed by atoms with van der Waals surface area (Å²) >= 11 is 1.86. The molecular formula is C57H34N4S. The van der Waals surface area contributed by atoms with Crippen molar-refractivity contribution < 1.29 is 0 Å². The summed E-state index contributed by atoms with van der Waals surface area (Å²) in [4.78, 5) is 15.5. The van der Waals surface area contributed by atoms with E-state index in [9.17, 15) is 0 Å². The van der Waals surface area contributed by atoms with E-state index in [-0.39, 0.29) is 0 Å². The van der Waals surface area contributed by atoms with Crippen molar-refractivity contribution >= 4 is 85.6 Å². The fourth-order valence-corrected chi connectivity index (χ4v) is 10.7. The number of hydrogen-bond acceptors (Lipinski definition) is 4. The molecule has 4 nitrogen and oxygen atoms in total. The van der Waals surface area contributed by atoms with Crippen molar-refractivity contribution in [3.63, 3.8) is 0 Å². The molecule has 3 heterocycles. The molecule has 288 valence electrons. The molecule has 62 heavy (non-hydrogen) atoms. The van der Waals surface area contributed by atoms with Gasteiger partial charge >= 0.3 is 0 Å². The van der Waals surface area contributed by atoms with E-state index in [4.69, 9.17) is 15.0 Å². The third-order valence-corrected chi connectivity index (χ3v) is 13.5. The Morgan fingerprint density at radius 1 is 0.274 bits per heavy atom. The Hall–Kier alpha value is -7.99. The molecule has 0 aliphatic heterocycles. The van der Waals surface area contributed by atoms with Crippen molar-refractivity contribution in [3.05, 3.63) is 206 Å². The van der Waals surface area contributed by atoms with Crippen LogP contribution in [0.3, 0.4) is 0 Å². The monoisotopic (exact) mass is 806 g/mol. The van der Waals surface area contributed by atoms with Crippen molar-refractivity contribution in [2.75, 3.05) is 0 Å². The molecular weight excluding hydrogens is 773 g/mol. The first-order valence-corrected chi connectivity index (χ1v) is 21.7. The van der Waals surface area contributed by atoms with Gasteiger partial charge in [0.2, 0.25) is 0 Å². The normalized spacial score (nSPS) is 11.9. The first-order chi connectivity index (χ1) is 30.7. The molecule has 0 saturated carbocycles. The molecule has 0 saturated heterocycles. The number of benzene rings is 10. The summed E-state index contributed by atoms with van der Waals surface area (Å²) < 4.78 is 5.02. The zero-order valence-corrected chi connectivity index (χ0v) is 34.1. The fourth-order valence-electron chi connectivity index (χ4n) is 9.53. The molecule has 0 aliphatic rings. The van der Waals surface area contributed by atoms with Gasteiger partial charge in [-0.05, 0) is 92.0 Å². The Labute approximate surface area is 360 Å². The molecule has 0 amide bonds. The maximum Gasteiger partial charge on any atom is 0.164 e. The molecule has 13 rings (SSSR count). The van der Waals surface area contributed by atoms with Crippen LogP contribution in [0.2, 0.25) is 0 Å². The summed E-state index contributed by atoms with van der Waals surface area (Å²) in [6.07, 6.45) is 0. The number of para-hydroxylation sites is 1. The quantitative estimate of drug-likeness (QED) is 0.163. The molecule has 13 aromatic rings. The average molecular weight is 807 g/mol. The largest absolute Gasteiger partial charge is 0.309 e. The predicted molar refractivity (Wildman–Crippen MR) is 261 cm³/mol. The summed E-state index contributed by atoms with van der Waals surface area (Å²) in [6, 6.07) is 74.1. The third kappa shape index (κ3) is 5.49. The zero-order chi connectivity index (χ0) is 40.7. The highest BCUT2D eigenvalue weighted by atomic mass is 32.1. The number of rotatable bonds is 5. The standard InChI is InChI=1S/C57H34N4S/c1-3-15-35(16-4-1)55-58-56(36-17-5-2-6-18-36)60-57(59-55)39-29-38(37-27-28-45-43-21-8-7-19-41(43)42-20-9-10-22-44(42)48(45)32-37)30-40(31-39)61-51-25-13-11-23-46(51)49-34-54-50(33-52(49)61)47-24-12-14-26-53(47)62-54/h1-34H. The summed E-state index contributed by atoms with van der Waals surface area (Å²) in [5, 5.41) is 12.5. The smallest absolute Gasteiger partial charge is 0.164 e. The van der Waals surface area contributed by atoms with E-state index in [0.717, 1.165) is 44.5 Å². The van der Waals surface area contributed by atoms with E-state index in [2.05, 4.69) is 174 Å². The van der Waals surface area contributed by atoms with Gasteiger partial charge in [-0.2, -0.15) is 0 Å². The van der Waals surface area contributed by atoms with Crippen LogP contribution in [0.5, 0.6) is 0 Å². The fraction of sp³-hybridized carbons (Fsp3) is 0. The Kier molecular flexibility index (Phi) is 7.74. The summed E-state index contributed by atoms with van der Waals surface area (Å²) in [7, 11) is 0. The van der Waals surface area contributed by atoms with E-state index >= 15 is 0 Å². The lowest BCUT2D eigenvalue weighted by molar-refractivity contribution is 1.07. The van der Waals surface area contributed by atoms with Gasteiger partial charge in [0.1, 0.15) is 0 Å². The molecule has 10 aromatic carbocycles. The molecule has 0 unspecified atom stereocenters. The minimum absolute atomic E-state index is 0.616. The SMILES string of the molecule is c1ccc(-c2nc(-c3ccccc3)nc(-c3cc(-c4ccc5c6ccccc6c6ccccc6c5c4)cc(-n4c5ccccc5c5cc6sc7ccccc7c6cc54)c3)n2)cc1. The van der Waals surface area contributed by atoms with Crippen LogP contribution in [0.15, 0.2) is 206 Å². The molecule has 0 bridgehead atoms. The van der Waals surface area contributed by atoms with Crippen molar-refractivity contribution in [2.45, 2.75) is 0 Å². The molecule has 0 spiro atoms. The van der Waals surface area contributed by atoms with E-state index in [1.54, 1.807) is 0 Å². The van der Waals surface area contributed by atoms with Gasteiger partial charge in [-0.25, -0.2) is 15.0 Å². The van der Waals surface area contributed by atoms with Crippen LogP contribution in [0.1, 0.15) is 0 Å². The van der Waals surface area contributed by atoms with Crippen LogP contribution in [0.4, 0.5) is 0 Å². The maximum atomic E-state index is 5.24. The van der Waals surface area contributed by atoms with Crippen molar-refractivity contribution in [3.8, 4) is 51.0 Å². The molecule has 0 atom stereocenters. The molecule has 5 heteroatoms. The van der Waals surface area contributed by atoms with Crippen LogP contribution in [-0.4, -0.2) is 19.5 Å². The molecule has 3 aromatic heterocycles. The van der Waals surface area contributed by atoms with Gasteiger partial charge in [0.05, 0.1) is 11.0 Å². The van der Waals surface area contributed by atoms with Gasteiger partial charge in [-0.15, -0.1) is 11.3 Å². The van der Waals surface area contributed by atoms with E-state index < -0.39 is 0 Å².